The van der Waals surface area contributed by atoms with Gasteiger partial charge in [0.2, 0.25) is 0 Å². The summed E-state index contributed by atoms with van der Waals surface area (Å²) in [4.78, 5) is 11.8. The number of benzene rings is 2. The van der Waals surface area contributed by atoms with E-state index in [9.17, 15) is 18.0 Å². The molecule has 0 saturated heterocycles. The first kappa shape index (κ1) is 16.9. The number of allylic oxidation sites excluding steroid dienone is 1. The number of anilines is 1. The van der Waals surface area contributed by atoms with Gasteiger partial charge < -0.3 is 10.1 Å². The Bertz CT molecular complexity index is 695. The summed E-state index contributed by atoms with van der Waals surface area (Å²) in [6, 6.07) is 11.5. The van der Waals surface area contributed by atoms with E-state index in [1.165, 1.54) is 36.5 Å². The molecule has 0 aromatic heterocycles. The Morgan fingerprint density at radius 2 is 1.65 bits per heavy atom. The number of nitrogens with one attached hydrogen (secondary N) is 1. The maximum absolute atomic E-state index is 12.0. The van der Waals surface area contributed by atoms with Crippen LogP contribution in [0.4, 0.5) is 18.9 Å². The topological polar surface area (TPSA) is 38.3 Å². The highest BCUT2D eigenvalue weighted by Gasteiger charge is 2.30. The SMILES string of the molecule is O=C(/C=C/Nc1ccc(OC(F)(F)F)cc1)c1ccc(Cl)cc1. The van der Waals surface area contributed by atoms with Gasteiger partial charge in [0.05, 0.1) is 0 Å². The van der Waals surface area contributed by atoms with E-state index >= 15 is 0 Å². The first-order valence-corrected chi connectivity index (χ1v) is 6.80. The molecule has 0 spiro atoms. The molecule has 23 heavy (non-hydrogen) atoms. The summed E-state index contributed by atoms with van der Waals surface area (Å²) in [5, 5.41) is 3.31. The fraction of sp³-hybridized carbons (Fsp3) is 0.0625. The molecule has 0 aliphatic carbocycles. The summed E-state index contributed by atoms with van der Waals surface area (Å²) in [6.07, 6.45) is -2.01. The third-order valence-electron chi connectivity index (χ3n) is 2.70. The molecule has 0 unspecified atom stereocenters. The number of ketones is 1. The van der Waals surface area contributed by atoms with Gasteiger partial charge >= 0.3 is 6.36 Å². The van der Waals surface area contributed by atoms with Crippen molar-refractivity contribution in [3.63, 3.8) is 0 Å². The average molecular weight is 342 g/mol. The van der Waals surface area contributed by atoms with Crippen molar-refractivity contribution in [2.75, 3.05) is 5.32 Å². The maximum Gasteiger partial charge on any atom is 0.573 e. The highest BCUT2D eigenvalue weighted by Crippen LogP contribution is 2.23. The number of halogens is 4. The first-order chi connectivity index (χ1) is 10.8. The molecular weight excluding hydrogens is 331 g/mol. The van der Waals surface area contributed by atoms with Gasteiger partial charge in [-0.05, 0) is 48.5 Å². The molecule has 7 heteroatoms. The standard InChI is InChI=1S/C16H11ClF3NO2/c17-12-3-1-11(2-4-12)15(22)9-10-21-13-5-7-14(8-6-13)23-16(18,19)20/h1-10,21H/b10-9+. The summed E-state index contributed by atoms with van der Waals surface area (Å²) < 4.78 is 39.8. The molecule has 0 fully saturated rings. The van der Waals surface area contributed by atoms with Gasteiger partial charge in [-0.25, -0.2) is 0 Å². The zero-order chi connectivity index (χ0) is 16.9. The van der Waals surface area contributed by atoms with Crippen molar-refractivity contribution >= 4 is 23.1 Å². The van der Waals surface area contributed by atoms with Crippen molar-refractivity contribution in [2.24, 2.45) is 0 Å². The van der Waals surface area contributed by atoms with Crippen LogP contribution in [-0.4, -0.2) is 12.1 Å². The molecule has 0 saturated carbocycles. The zero-order valence-electron chi connectivity index (χ0n) is 11.6. The smallest absolute Gasteiger partial charge is 0.406 e. The van der Waals surface area contributed by atoms with Crippen LogP contribution in [0.2, 0.25) is 5.02 Å². The van der Waals surface area contributed by atoms with Crippen LogP contribution >= 0.6 is 11.6 Å². The van der Waals surface area contributed by atoms with Crippen molar-refractivity contribution in [3.8, 4) is 5.75 Å². The summed E-state index contributed by atoms with van der Waals surface area (Å²) in [6.45, 7) is 0. The fourth-order valence-corrected chi connectivity index (χ4v) is 1.80. The quantitative estimate of drug-likeness (QED) is 0.611. The first-order valence-electron chi connectivity index (χ1n) is 6.42. The highest BCUT2D eigenvalue weighted by atomic mass is 35.5. The van der Waals surface area contributed by atoms with Crippen molar-refractivity contribution in [1.29, 1.82) is 0 Å². The molecular formula is C16H11ClF3NO2. The lowest BCUT2D eigenvalue weighted by atomic mass is 10.1. The average Bonchev–Trinajstić information content (AvgIpc) is 2.48. The number of hydrogen-bond donors (Lipinski definition) is 1. The third kappa shape index (κ3) is 5.67. The second kappa shape index (κ2) is 7.19. The molecule has 120 valence electrons. The Kier molecular flexibility index (Phi) is 5.28. The Hall–Kier alpha value is -2.47. The van der Waals surface area contributed by atoms with Gasteiger partial charge in [-0.3, -0.25) is 4.79 Å². The molecule has 0 aliphatic rings. The zero-order valence-corrected chi connectivity index (χ0v) is 12.4. The second-order valence-corrected chi connectivity index (χ2v) is 4.86. The lowest BCUT2D eigenvalue weighted by molar-refractivity contribution is -0.274. The molecule has 1 N–H and O–H groups in total. The number of rotatable bonds is 5. The highest BCUT2D eigenvalue weighted by molar-refractivity contribution is 6.30. The molecule has 0 heterocycles. The van der Waals surface area contributed by atoms with Crippen LogP contribution in [0.25, 0.3) is 0 Å². The molecule has 2 rings (SSSR count). The molecule has 2 aromatic carbocycles. The van der Waals surface area contributed by atoms with Gasteiger partial charge in [-0.2, -0.15) is 0 Å². The van der Waals surface area contributed by atoms with E-state index < -0.39 is 6.36 Å². The second-order valence-electron chi connectivity index (χ2n) is 4.42. The van der Waals surface area contributed by atoms with Crippen molar-refractivity contribution < 1.29 is 22.7 Å². The Morgan fingerprint density at radius 3 is 2.22 bits per heavy atom. The minimum Gasteiger partial charge on any atom is -0.406 e. The van der Waals surface area contributed by atoms with Crippen LogP contribution in [0.15, 0.2) is 60.8 Å². The monoisotopic (exact) mass is 341 g/mol. The number of hydrogen-bond acceptors (Lipinski definition) is 3. The van der Waals surface area contributed by atoms with Crippen LogP contribution in [-0.2, 0) is 0 Å². The van der Waals surface area contributed by atoms with E-state index in [0.717, 1.165) is 0 Å². The molecule has 0 atom stereocenters. The number of carbonyl (C=O) groups is 1. The van der Waals surface area contributed by atoms with Gasteiger partial charge in [-0.1, -0.05) is 11.6 Å². The van der Waals surface area contributed by atoms with E-state index in [-0.39, 0.29) is 11.5 Å². The van der Waals surface area contributed by atoms with E-state index in [1.54, 1.807) is 24.3 Å². The van der Waals surface area contributed by atoms with E-state index in [2.05, 4.69) is 10.1 Å². The molecule has 0 amide bonds. The molecule has 3 nitrogen and oxygen atoms in total. The van der Waals surface area contributed by atoms with Crippen molar-refractivity contribution in [3.05, 3.63) is 71.4 Å². The predicted molar refractivity (Wildman–Crippen MR) is 81.7 cm³/mol. The van der Waals surface area contributed by atoms with E-state index in [1.807, 2.05) is 0 Å². The predicted octanol–water partition coefficient (Wildman–Crippen LogP) is 5.05. The van der Waals surface area contributed by atoms with Crippen LogP contribution in [0, 0.1) is 0 Å². The summed E-state index contributed by atoms with van der Waals surface area (Å²) in [7, 11) is 0. The minimum absolute atomic E-state index is 0.230. The van der Waals surface area contributed by atoms with Crippen molar-refractivity contribution in [1.82, 2.24) is 0 Å². The number of carbonyl (C=O) groups excluding carboxylic acids is 1. The molecule has 0 bridgehead atoms. The molecule has 0 radical (unpaired) electrons. The van der Waals surface area contributed by atoms with Crippen LogP contribution in [0.1, 0.15) is 10.4 Å². The lowest BCUT2D eigenvalue weighted by Gasteiger charge is -2.09. The maximum atomic E-state index is 12.0. The molecule has 0 aliphatic heterocycles. The Morgan fingerprint density at radius 1 is 1.04 bits per heavy atom. The third-order valence-corrected chi connectivity index (χ3v) is 2.95. The van der Waals surface area contributed by atoms with Gasteiger partial charge in [0, 0.05) is 28.5 Å². The lowest BCUT2D eigenvalue weighted by Crippen LogP contribution is -2.16. The van der Waals surface area contributed by atoms with Gasteiger partial charge in [0.25, 0.3) is 0 Å². The van der Waals surface area contributed by atoms with Gasteiger partial charge in [-0.15, -0.1) is 13.2 Å². The van der Waals surface area contributed by atoms with Crippen LogP contribution in [0.5, 0.6) is 5.75 Å². The molecule has 2 aromatic rings. The van der Waals surface area contributed by atoms with Crippen molar-refractivity contribution in [2.45, 2.75) is 6.36 Å². The number of ether oxygens (including phenoxy) is 1. The van der Waals surface area contributed by atoms with Gasteiger partial charge in [0.1, 0.15) is 5.75 Å². The van der Waals surface area contributed by atoms with E-state index in [4.69, 9.17) is 11.6 Å². The van der Waals surface area contributed by atoms with Crippen LogP contribution in [0.3, 0.4) is 0 Å². The minimum atomic E-state index is -4.72. The largest absolute Gasteiger partial charge is 0.573 e. The normalized spacial score (nSPS) is 11.5. The summed E-state index contributed by atoms with van der Waals surface area (Å²) >= 11 is 5.73. The van der Waals surface area contributed by atoms with Gasteiger partial charge in [0.15, 0.2) is 5.78 Å². The van der Waals surface area contributed by atoms with Crippen LogP contribution < -0.4 is 10.1 Å². The summed E-state index contributed by atoms with van der Waals surface area (Å²) in [5.41, 5.74) is 0.987. The Labute approximate surface area is 135 Å². The van der Waals surface area contributed by atoms with E-state index in [0.29, 0.717) is 16.3 Å². The fourth-order valence-electron chi connectivity index (χ4n) is 1.68. The summed E-state index contributed by atoms with van der Waals surface area (Å²) in [5.74, 6) is -0.546. The number of alkyl halides is 3. The Balaban J connectivity index is 1.92.